The van der Waals surface area contributed by atoms with Gasteiger partial charge in [0.05, 0.1) is 6.61 Å². The molecule has 1 heterocycles. The highest BCUT2D eigenvalue weighted by Gasteiger charge is 2.24. The van der Waals surface area contributed by atoms with E-state index in [-0.39, 0.29) is 6.04 Å². The second kappa shape index (κ2) is 5.95. The molecule has 2 unspecified atom stereocenters. The van der Waals surface area contributed by atoms with Crippen LogP contribution >= 0.6 is 11.6 Å². The maximum absolute atomic E-state index is 6.35. The van der Waals surface area contributed by atoms with E-state index in [0.29, 0.717) is 11.3 Å². The van der Waals surface area contributed by atoms with Crippen molar-refractivity contribution in [3.05, 3.63) is 28.3 Å². The Bertz CT molecular complexity index is 479. The number of halogens is 1. The first kappa shape index (κ1) is 15.7. The fraction of sp³-hybridized carbons (Fsp3) is 0.647. The Kier molecular flexibility index (Phi) is 4.66. The third-order valence-electron chi connectivity index (χ3n) is 4.44. The molecule has 20 heavy (non-hydrogen) atoms. The van der Waals surface area contributed by atoms with Crippen LogP contribution in [0, 0.1) is 11.3 Å². The van der Waals surface area contributed by atoms with Gasteiger partial charge in [-0.1, -0.05) is 39.3 Å². The monoisotopic (exact) mass is 295 g/mol. The van der Waals surface area contributed by atoms with Crippen molar-refractivity contribution in [3.63, 3.8) is 0 Å². The van der Waals surface area contributed by atoms with Gasteiger partial charge in [-0.05, 0) is 47.4 Å². The standard InChI is InChI=1S/C17H26ClNO/c1-11(17(2,3)4)7-15(19)10-13-9-14(18)8-12-5-6-20-16(12)13/h8-9,11,15H,5-7,10,19H2,1-4H3. The van der Waals surface area contributed by atoms with Gasteiger partial charge in [0.1, 0.15) is 5.75 Å². The van der Waals surface area contributed by atoms with Gasteiger partial charge in [0.25, 0.3) is 0 Å². The lowest BCUT2D eigenvalue weighted by Crippen LogP contribution is -2.30. The minimum atomic E-state index is 0.149. The Labute approximate surface area is 127 Å². The number of nitrogens with two attached hydrogens (primary N) is 1. The molecule has 0 fully saturated rings. The van der Waals surface area contributed by atoms with Crippen LogP contribution in [0.2, 0.25) is 5.02 Å². The van der Waals surface area contributed by atoms with Gasteiger partial charge in [-0.15, -0.1) is 0 Å². The van der Waals surface area contributed by atoms with Crippen LogP contribution in [0.25, 0.3) is 0 Å². The highest BCUT2D eigenvalue weighted by atomic mass is 35.5. The summed E-state index contributed by atoms with van der Waals surface area (Å²) in [6, 6.07) is 4.17. The maximum Gasteiger partial charge on any atom is 0.125 e. The Morgan fingerprint density at radius 2 is 2.05 bits per heavy atom. The number of hydrogen-bond donors (Lipinski definition) is 1. The summed E-state index contributed by atoms with van der Waals surface area (Å²) in [5.74, 6) is 1.61. The van der Waals surface area contributed by atoms with E-state index in [4.69, 9.17) is 22.1 Å². The second-order valence-electron chi connectivity index (χ2n) is 7.12. The quantitative estimate of drug-likeness (QED) is 0.903. The third-order valence-corrected chi connectivity index (χ3v) is 4.66. The predicted molar refractivity (Wildman–Crippen MR) is 85.6 cm³/mol. The summed E-state index contributed by atoms with van der Waals surface area (Å²) in [7, 11) is 0. The van der Waals surface area contributed by atoms with Gasteiger partial charge >= 0.3 is 0 Å². The van der Waals surface area contributed by atoms with Gasteiger partial charge in [-0.3, -0.25) is 0 Å². The molecule has 0 aliphatic carbocycles. The molecule has 3 heteroatoms. The summed E-state index contributed by atoms with van der Waals surface area (Å²) in [5, 5.41) is 0.792. The van der Waals surface area contributed by atoms with Crippen LogP contribution in [0.1, 0.15) is 45.2 Å². The minimum absolute atomic E-state index is 0.149. The first-order valence-corrected chi connectivity index (χ1v) is 7.85. The Hall–Kier alpha value is -0.730. The fourth-order valence-electron chi connectivity index (χ4n) is 2.67. The number of rotatable bonds is 4. The highest BCUT2D eigenvalue weighted by Crippen LogP contribution is 2.35. The molecular formula is C17H26ClNO. The lowest BCUT2D eigenvalue weighted by Gasteiger charge is -2.29. The van der Waals surface area contributed by atoms with E-state index >= 15 is 0 Å². The molecular weight excluding hydrogens is 270 g/mol. The predicted octanol–water partition coefficient (Wildman–Crippen LogP) is 4.22. The summed E-state index contributed by atoms with van der Waals surface area (Å²) < 4.78 is 5.74. The molecule has 2 nitrogen and oxygen atoms in total. The van der Waals surface area contributed by atoms with Crippen molar-refractivity contribution >= 4 is 11.6 Å². The Morgan fingerprint density at radius 1 is 1.35 bits per heavy atom. The average molecular weight is 296 g/mol. The summed E-state index contributed by atoms with van der Waals surface area (Å²) >= 11 is 6.19. The van der Waals surface area contributed by atoms with E-state index in [1.807, 2.05) is 12.1 Å². The van der Waals surface area contributed by atoms with E-state index in [0.717, 1.165) is 36.6 Å². The van der Waals surface area contributed by atoms with Gasteiger partial charge in [0.15, 0.2) is 0 Å². The first-order valence-electron chi connectivity index (χ1n) is 7.47. The van der Waals surface area contributed by atoms with Gasteiger partial charge < -0.3 is 10.5 Å². The molecule has 1 aromatic carbocycles. The minimum Gasteiger partial charge on any atom is -0.493 e. The van der Waals surface area contributed by atoms with Gasteiger partial charge in [0.2, 0.25) is 0 Å². The zero-order valence-electron chi connectivity index (χ0n) is 13.0. The number of benzene rings is 1. The van der Waals surface area contributed by atoms with E-state index in [9.17, 15) is 0 Å². The number of hydrogen-bond acceptors (Lipinski definition) is 2. The highest BCUT2D eigenvalue weighted by molar-refractivity contribution is 6.30. The van der Waals surface area contributed by atoms with E-state index in [1.165, 1.54) is 11.1 Å². The summed E-state index contributed by atoms with van der Waals surface area (Å²) in [6.45, 7) is 9.84. The molecule has 0 spiro atoms. The van der Waals surface area contributed by atoms with E-state index in [2.05, 4.69) is 27.7 Å². The van der Waals surface area contributed by atoms with Crippen molar-refractivity contribution in [2.24, 2.45) is 17.1 Å². The molecule has 2 atom stereocenters. The van der Waals surface area contributed by atoms with Crippen LogP contribution in [-0.2, 0) is 12.8 Å². The molecule has 0 aromatic heterocycles. The van der Waals surface area contributed by atoms with Crippen molar-refractivity contribution in [3.8, 4) is 5.75 Å². The summed E-state index contributed by atoms with van der Waals surface area (Å²) in [6.07, 6.45) is 2.81. The molecule has 1 aliphatic rings. The third kappa shape index (κ3) is 3.67. The number of fused-ring (bicyclic) bond motifs is 1. The van der Waals surface area contributed by atoms with Crippen LogP contribution in [0.5, 0.6) is 5.75 Å². The largest absolute Gasteiger partial charge is 0.493 e. The smallest absolute Gasteiger partial charge is 0.125 e. The lowest BCUT2D eigenvalue weighted by molar-refractivity contribution is 0.232. The zero-order valence-corrected chi connectivity index (χ0v) is 13.8. The molecule has 0 saturated heterocycles. The molecule has 0 radical (unpaired) electrons. The van der Waals surface area contributed by atoms with Crippen molar-refractivity contribution in [2.45, 2.75) is 53.0 Å². The van der Waals surface area contributed by atoms with Crippen LogP contribution in [0.3, 0.4) is 0 Å². The zero-order chi connectivity index (χ0) is 14.9. The van der Waals surface area contributed by atoms with Crippen LogP contribution in [0.4, 0.5) is 0 Å². The molecule has 2 N–H and O–H groups in total. The molecule has 0 saturated carbocycles. The molecule has 0 amide bonds. The van der Waals surface area contributed by atoms with E-state index in [1.54, 1.807) is 0 Å². The van der Waals surface area contributed by atoms with Crippen LogP contribution in [-0.4, -0.2) is 12.6 Å². The molecule has 1 aliphatic heterocycles. The molecule has 0 bridgehead atoms. The maximum atomic E-state index is 6.35. The van der Waals surface area contributed by atoms with E-state index < -0.39 is 0 Å². The first-order chi connectivity index (χ1) is 9.27. The van der Waals surface area contributed by atoms with Gasteiger partial charge in [-0.2, -0.15) is 0 Å². The molecule has 112 valence electrons. The van der Waals surface area contributed by atoms with Gasteiger partial charge in [0, 0.05) is 17.5 Å². The normalized spacial score (nSPS) is 17.5. The Balaban J connectivity index is 2.07. The topological polar surface area (TPSA) is 35.2 Å². The molecule has 1 aromatic rings. The van der Waals surface area contributed by atoms with Crippen molar-refractivity contribution in [2.75, 3.05) is 6.61 Å². The molecule has 2 rings (SSSR count). The Morgan fingerprint density at radius 3 is 2.70 bits per heavy atom. The van der Waals surface area contributed by atoms with Crippen molar-refractivity contribution in [1.29, 1.82) is 0 Å². The average Bonchev–Trinajstić information content (AvgIpc) is 2.75. The fourth-order valence-corrected chi connectivity index (χ4v) is 2.93. The second-order valence-corrected chi connectivity index (χ2v) is 7.56. The SMILES string of the molecule is CC(CC(N)Cc1cc(Cl)cc2c1OCC2)C(C)(C)C. The van der Waals surface area contributed by atoms with Crippen LogP contribution < -0.4 is 10.5 Å². The van der Waals surface area contributed by atoms with Gasteiger partial charge in [-0.25, -0.2) is 0 Å². The lowest BCUT2D eigenvalue weighted by atomic mass is 9.78. The number of ether oxygens (including phenoxy) is 1. The van der Waals surface area contributed by atoms with Crippen molar-refractivity contribution < 1.29 is 4.74 Å². The summed E-state index contributed by atoms with van der Waals surface area (Å²) in [4.78, 5) is 0. The van der Waals surface area contributed by atoms with Crippen LogP contribution in [0.15, 0.2) is 12.1 Å². The summed E-state index contributed by atoms with van der Waals surface area (Å²) in [5.41, 5.74) is 9.04. The van der Waals surface area contributed by atoms with Crippen molar-refractivity contribution in [1.82, 2.24) is 0 Å².